The third kappa shape index (κ3) is 1.73. The number of ether oxygens (including phenoxy) is 1. The topological polar surface area (TPSA) is 68.4 Å². The van der Waals surface area contributed by atoms with E-state index in [9.17, 15) is 5.11 Å². The van der Waals surface area contributed by atoms with Crippen LogP contribution in [-0.4, -0.2) is 22.4 Å². The average molecular weight is 232 g/mol. The highest BCUT2D eigenvalue weighted by atomic mass is 16.5. The summed E-state index contributed by atoms with van der Waals surface area (Å²) in [6.45, 7) is 0. The van der Waals surface area contributed by atoms with Gasteiger partial charge < -0.3 is 14.4 Å². The summed E-state index contributed by atoms with van der Waals surface area (Å²) < 4.78 is 10.2. The fraction of sp³-hybridized carbons (Fsp3) is 0.333. The highest BCUT2D eigenvalue weighted by molar-refractivity contribution is 5.66. The summed E-state index contributed by atoms with van der Waals surface area (Å²) in [4.78, 5) is 4.29. The zero-order valence-electron chi connectivity index (χ0n) is 9.38. The number of phenols is 1. The van der Waals surface area contributed by atoms with Crippen molar-refractivity contribution in [3.05, 3.63) is 24.0 Å². The molecule has 1 aliphatic carbocycles. The van der Waals surface area contributed by atoms with Crippen LogP contribution in [0.2, 0.25) is 0 Å². The summed E-state index contributed by atoms with van der Waals surface area (Å²) in [7, 11) is 1.50. The van der Waals surface area contributed by atoms with Gasteiger partial charge in [-0.2, -0.15) is 4.98 Å². The maximum atomic E-state index is 9.95. The van der Waals surface area contributed by atoms with E-state index in [1.807, 2.05) is 0 Å². The van der Waals surface area contributed by atoms with Crippen molar-refractivity contribution in [2.24, 2.45) is 0 Å². The van der Waals surface area contributed by atoms with Crippen LogP contribution in [0.1, 0.15) is 24.6 Å². The fourth-order valence-electron chi connectivity index (χ4n) is 1.71. The molecule has 0 radical (unpaired) electrons. The molecule has 0 spiro atoms. The van der Waals surface area contributed by atoms with Gasteiger partial charge in [-0.25, -0.2) is 0 Å². The summed E-state index contributed by atoms with van der Waals surface area (Å²) in [5.41, 5.74) is 0.503. The number of hydrogen-bond acceptors (Lipinski definition) is 5. The van der Waals surface area contributed by atoms with Crippen LogP contribution in [0, 0.1) is 0 Å². The number of rotatable bonds is 3. The Bertz CT molecular complexity index is 546. The Labute approximate surface area is 98.0 Å². The van der Waals surface area contributed by atoms with E-state index in [-0.39, 0.29) is 5.75 Å². The van der Waals surface area contributed by atoms with E-state index in [0.717, 1.165) is 18.7 Å². The average Bonchev–Trinajstić information content (AvgIpc) is 3.08. The molecule has 0 bridgehead atoms. The highest BCUT2D eigenvalue weighted by Crippen LogP contribution is 2.40. The van der Waals surface area contributed by atoms with Crippen LogP contribution in [0.15, 0.2) is 22.7 Å². The molecule has 0 unspecified atom stereocenters. The van der Waals surface area contributed by atoms with E-state index in [0.29, 0.717) is 23.1 Å². The molecule has 1 aromatic carbocycles. The number of aromatic nitrogens is 2. The molecule has 1 saturated carbocycles. The van der Waals surface area contributed by atoms with Gasteiger partial charge in [0.2, 0.25) is 0 Å². The molecule has 0 aliphatic heterocycles. The molecule has 3 rings (SSSR count). The molecule has 1 aromatic heterocycles. The van der Waals surface area contributed by atoms with Crippen molar-refractivity contribution < 1.29 is 14.4 Å². The largest absolute Gasteiger partial charge is 0.504 e. The van der Waals surface area contributed by atoms with Gasteiger partial charge in [0, 0.05) is 5.92 Å². The van der Waals surface area contributed by atoms with E-state index >= 15 is 0 Å². The number of benzene rings is 1. The second-order valence-corrected chi connectivity index (χ2v) is 4.09. The Kier molecular flexibility index (Phi) is 2.24. The number of phenolic OH excluding ortho intramolecular Hbond substituents is 1. The van der Waals surface area contributed by atoms with Crippen molar-refractivity contribution in [1.29, 1.82) is 0 Å². The van der Waals surface area contributed by atoms with Crippen LogP contribution < -0.4 is 4.74 Å². The molecule has 88 valence electrons. The maximum Gasteiger partial charge on any atom is 0.261 e. The molecule has 5 nitrogen and oxygen atoms in total. The minimum atomic E-state index is 0.0287. The molecule has 2 aromatic rings. The minimum Gasteiger partial charge on any atom is -0.504 e. The number of aromatic hydroxyl groups is 1. The zero-order chi connectivity index (χ0) is 11.8. The minimum absolute atomic E-state index is 0.0287. The predicted octanol–water partition coefficient (Wildman–Crippen LogP) is 2.33. The lowest BCUT2D eigenvalue weighted by Gasteiger charge is -2.04. The number of methoxy groups -OCH3 is 1. The summed E-state index contributed by atoms with van der Waals surface area (Å²) in [6, 6.07) is 5.17. The highest BCUT2D eigenvalue weighted by Gasteiger charge is 2.29. The molecule has 1 aliphatic rings. The van der Waals surface area contributed by atoms with E-state index < -0.39 is 0 Å². The Morgan fingerprint density at radius 1 is 1.41 bits per heavy atom. The summed E-state index contributed by atoms with van der Waals surface area (Å²) >= 11 is 0. The molecule has 0 saturated heterocycles. The normalized spacial score (nSPS) is 14.9. The van der Waals surface area contributed by atoms with Crippen molar-refractivity contribution in [3.63, 3.8) is 0 Å². The number of para-hydroxylation sites is 1. The van der Waals surface area contributed by atoms with E-state index in [2.05, 4.69) is 10.1 Å². The van der Waals surface area contributed by atoms with Crippen molar-refractivity contribution in [2.75, 3.05) is 7.11 Å². The molecular weight excluding hydrogens is 220 g/mol. The first-order valence-corrected chi connectivity index (χ1v) is 5.49. The van der Waals surface area contributed by atoms with Gasteiger partial charge in [-0.05, 0) is 25.0 Å². The molecule has 5 heteroatoms. The van der Waals surface area contributed by atoms with Gasteiger partial charge in [0.25, 0.3) is 5.89 Å². The quantitative estimate of drug-likeness (QED) is 0.879. The van der Waals surface area contributed by atoms with E-state index in [1.165, 1.54) is 7.11 Å². The summed E-state index contributed by atoms with van der Waals surface area (Å²) in [5, 5.41) is 13.9. The summed E-state index contributed by atoms with van der Waals surface area (Å²) in [5.74, 6) is 1.92. The Balaban J connectivity index is 2.01. The summed E-state index contributed by atoms with van der Waals surface area (Å²) in [6.07, 6.45) is 2.23. The standard InChI is InChI=1S/C12H12N2O3/c1-16-9-4-2-3-8(10(9)15)12-13-11(14-17-12)7-5-6-7/h2-4,7,15H,5-6H2,1H3. The third-order valence-corrected chi connectivity index (χ3v) is 2.83. The first-order chi connectivity index (χ1) is 8.29. The molecule has 1 fully saturated rings. The zero-order valence-corrected chi connectivity index (χ0v) is 9.38. The fourth-order valence-corrected chi connectivity index (χ4v) is 1.71. The van der Waals surface area contributed by atoms with Crippen LogP contribution in [-0.2, 0) is 0 Å². The van der Waals surface area contributed by atoms with Gasteiger partial charge in [-0.1, -0.05) is 11.2 Å². The second-order valence-electron chi connectivity index (χ2n) is 4.09. The van der Waals surface area contributed by atoms with Crippen LogP contribution in [0.4, 0.5) is 0 Å². The molecule has 0 atom stereocenters. The van der Waals surface area contributed by atoms with E-state index in [4.69, 9.17) is 9.26 Å². The molecule has 1 N–H and O–H groups in total. The van der Waals surface area contributed by atoms with Gasteiger partial charge in [0.05, 0.1) is 12.7 Å². The molecule has 0 amide bonds. The van der Waals surface area contributed by atoms with E-state index in [1.54, 1.807) is 18.2 Å². The lowest BCUT2D eigenvalue weighted by molar-refractivity contribution is 0.371. The number of nitrogens with zero attached hydrogens (tertiary/aromatic N) is 2. The second kappa shape index (κ2) is 3.76. The monoisotopic (exact) mass is 232 g/mol. The van der Waals surface area contributed by atoms with Crippen LogP contribution >= 0.6 is 0 Å². The smallest absolute Gasteiger partial charge is 0.261 e. The van der Waals surface area contributed by atoms with Crippen LogP contribution in [0.25, 0.3) is 11.5 Å². The van der Waals surface area contributed by atoms with Crippen LogP contribution in [0.3, 0.4) is 0 Å². The Morgan fingerprint density at radius 3 is 2.94 bits per heavy atom. The van der Waals surface area contributed by atoms with Gasteiger partial charge in [0.15, 0.2) is 17.3 Å². The molecule has 1 heterocycles. The molecular formula is C12H12N2O3. The predicted molar refractivity (Wildman–Crippen MR) is 59.9 cm³/mol. The SMILES string of the molecule is COc1cccc(-c2nc(C3CC3)no2)c1O. The first-order valence-electron chi connectivity index (χ1n) is 5.49. The van der Waals surface area contributed by atoms with Gasteiger partial charge in [-0.15, -0.1) is 0 Å². The lowest BCUT2D eigenvalue weighted by Crippen LogP contribution is -1.87. The van der Waals surface area contributed by atoms with Gasteiger partial charge in [-0.3, -0.25) is 0 Å². The van der Waals surface area contributed by atoms with Crippen molar-refractivity contribution in [1.82, 2.24) is 10.1 Å². The Morgan fingerprint density at radius 2 is 2.24 bits per heavy atom. The van der Waals surface area contributed by atoms with Crippen LogP contribution in [0.5, 0.6) is 11.5 Å². The van der Waals surface area contributed by atoms with Crippen molar-refractivity contribution in [3.8, 4) is 23.0 Å². The maximum absolute atomic E-state index is 9.95. The number of hydrogen-bond donors (Lipinski definition) is 1. The van der Waals surface area contributed by atoms with Crippen molar-refractivity contribution in [2.45, 2.75) is 18.8 Å². The van der Waals surface area contributed by atoms with Crippen molar-refractivity contribution >= 4 is 0 Å². The van der Waals surface area contributed by atoms with Gasteiger partial charge >= 0.3 is 0 Å². The lowest BCUT2D eigenvalue weighted by atomic mass is 10.2. The van der Waals surface area contributed by atoms with Gasteiger partial charge in [0.1, 0.15) is 0 Å². The molecule has 17 heavy (non-hydrogen) atoms. The Hall–Kier alpha value is -2.04. The third-order valence-electron chi connectivity index (χ3n) is 2.83. The first kappa shape index (κ1) is 10.1.